The van der Waals surface area contributed by atoms with Gasteiger partial charge in [0.2, 0.25) is 5.91 Å². The van der Waals surface area contributed by atoms with Crippen molar-refractivity contribution in [1.29, 1.82) is 0 Å². The highest BCUT2D eigenvalue weighted by Gasteiger charge is 1.98. The van der Waals surface area contributed by atoms with Crippen molar-refractivity contribution in [3.05, 3.63) is 9.66 Å². The lowest BCUT2D eigenvalue weighted by Gasteiger charge is -2.07. The van der Waals surface area contributed by atoms with Gasteiger partial charge in [0.15, 0.2) is 0 Å². The summed E-state index contributed by atoms with van der Waals surface area (Å²) in [5.74, 6) is 0.0223. The van der Waals surface area contributed by atoms with Crippen molar-refractivity contribution in [3.63, 3.8) is 0 Å². The summed E-state index contributed by atoms with van der Waals surface area (Å²) >= 11 is 2.28. The first kappa shape index (κ1) is 10.9. The maximum Gasteiger partial charge on any atom is 0.217 e. The van der Waals surface area contributed by atoms with Crippen LogP contribution in [-0.4, -0.2) is 11.9 Å². The smallest absolute Gasteiger partial charge is 0.217 e. The molecule has 0 aliphatic rings. The standard InChI is InChI=1S/C8H14INO/c1-4-8(9)5-6(2)10-7(3)11/h5-6H,4H2,1-3H3,(H,10,11)/b8-5+. The Hall–Kier alpha value is -0.0600. The van der Waals surface area contributed by atoms with Crippen molar-refractivity contribution >= 4 is 28.5 Å². The van der Waals surface area contributed by atoms with Crippen LogP contribution < -0.4 is 5.32 Å². The third kappa shape index (κ3) is 6.34. The quantitative estimate of drug-likeness (QED) is 0.781. The van der Waals surface area contributed by atoms with Gasteiger partial charge in [0.05, 0.1) is 0 Å². The molecule has 0 aromatic carbocycles. The molecule has 0 radical (unpaired) electrons. The minimum atomic E-state index is 0.0223. The second-order valence-electron chi connectivity index (χ2n) is 2.46. The van der Waals surface area contributed by atoms with Crippen molar-refractivity contribution in [2.45, 2.75) is 33.2 Å². The summed E-state index contributed by atoms with van der Waals surface area (Å²) in [6, 6.07) is 0.152. The van der Waals surface area contributed by atoms with Crippen LogP contribution in [0.3, 0.4) is 0 Å². The molecule has 0 rings (SSSR count). The molecule has 0 aliphatic carbocycles. The van der Waals surface area contributed by atoms with E-state index in [0.29, 0.717) is 0 Å². The van der Waals surface area contributed by atoms with Gasteiger partial charge >= 0.3 is 0 Å². The van der Waals surface area contributed by atoms with Crippen LogP contribution in [0.2, 0.25) is 0 Å². The van der Waals surface area contributed by atoms with E-state index in [0.717, 1.165) is 6.42 Å². The number of halogens is 1. The molecule has 11 heavy (non-hydrogen) atoms. The predicted octanol–water partition coefficient (Wildman–Crippen LogP) is 2.24. The average Bonchev–Trinajstić information content (AvgIpc) is 1.85. The molecule has 1 atom stereocenters. The zero-order valence-electron chi connectivity index (χ0n) is 7.15. The van der Waals surface area contributed by atoms with Crippen molar-refractivity contribution in [2.75, 3.05) is 0 Å². The molecule has 1 amide bonds. The van der Waals surface area contributed by atoms with Gasteiger partial charge in [0.1, 0.15) is 0 Å². The molecule has 64 valence electrons. The molecule has 0 aromatic rings. The first-order valence-corrected chi connectivity index (χ1v) is 4.77. The number of carbonyl (C=O) groups excluding carboxylic acids is 1. The highest BCUT2D eigenvalue weighted by Crippen LogP contribution is 2.10. The van der Waals surface area contributed by atoms with E-state index < -0.39 is 0 Å². The molecule has 1 N–H and O–H groups in total. The lowest BCUT2D eigenvalue weighted by Crippen LogP contribution is -2.28. The molecule has 1 unspecified atom stereocenters. The topological polar surface area (TPSA) is 29.1 Å². The van der Waals surface area contributed by atoms with Crippen molar-refractivity contribution in [1.82, 2.24) is 5.32 Å². The predicted molar refractivity (Wildman–Crippen MR) is 55.7 cm³/mol. The maximum absolute atomic E-state index is 10.6. The highest BCUT2D eigenvalue weighted by atomic mass is 127. The second-order valence-corrected chi connectivity index (χ2v) is 3.84. The van der Waals surface area contributed by atoms with E-state index >= 15 is 0 Å². The molecule has 0 spiro atoms. The van der Waals surface area contributed by atoms with Gasteiger partial charge in [-0.25, -0.2) is 0 Å². The lowest BCUT2D eigenvalue weighted by molar-refractivity contribution is -0.119. The molecule has 0 saturated heterocycles. The first-order chi connectivity index (χ1) is 5.06. The summed E-state index contributed by atoms with van der Waals surface area (Å²) in [6.45, 7) is 5.59. The summed E-state index contributed by atoms with van der Waals surface area (Å²) < 4.78 is 1.28. The van der Waals surface area contributed by atoms with Crippen LogP contribution >= 0.6 is 22.6 Å². The second kappa shape index (κ2) is 5.57. The van der Waals surface area contributed by atoms with Crippen molar-refractivity contribution in [3.8, 4) is 0 Å². The van der Waals surface area contributed by atoms with Crippen LogP contribution in [-0.2, 0) is 4.79 Å². The van der Waals surface area contributed by atoms with E-state index in [9.17, 15) is 4.79 Å². The summed E-state index contributed by atoms with van der Waals surface area (Å²) in [4.78, 5) is 10.6. The van der Waals surface area contributed by atoms with Crippen LogP contribution in [0.25, 0.3) is 0 Å². The van der Waals surface area contributed by atoms with Crippen LogP contribution in [0.4, 0.5) is 0 Å². The highest BCUT2D eigenvalue weighted by molar-refractivity contribution is 14.1. The normalized spacial score (nSPS) is 14.4. The van der Waals surface area contributed by atoms with Crippen LogP contribution in [0.1, 0.15) is 27.2 Å². The zero-order valence-corrected chi connectivity index (χ0v) is 9.31. The van der Waals surface area contributed by atoms with Gasteiger partial charge in [-0.05, 0) is 39.5 Å². The van der Waals surface area contributed by atoms with Gasteiger partial charge in [0.25, 0.3) is 0 Å². The Morgan fingerprint density at radius 1 is 1.73 bits per heavy atom. The molecule has 0 saturated carbocycles. The Kier molecular flexibility index (Phi) is 5.54. The number of rotatable bonds is 3. The fourth-order valence-electron chi connectivity index (χ4n) is 0.751. The van der Waals surface area contributed by atoms with Gasteiger partial charge in [-0.3, -0.25) is 4.79 Å². The zero-order chi connectivity index (χ0) is 8.85. The summed E-state index contributed by atoms with van der Waals surface area (Å²) in [7, 11) is 0. The number of nitrogens with one attached hydrogen (secondary N) is 1. The molecule has 3 heteroatoms. The van der Waals surface area contributed by atoms with Gasteiger partial charge in [-0.15, -0.1) is 0 Å². The molecule has 0 aromatic heterocycles. The molecule has 0 bridgehead atoms. The Morgan fingerprint density at radius 2 is 2.27 bits per heavy atom. The largest absolute Gasteiger partial charge is 0.350 e. The van der Waals surface area contributed by atoms with Gasteiger partial charge in [-0.1, -0.05) is 13.0 Å². The maximum atomic E-state index is 10.6. The Morgan fingerprint density at radius 3 is 2.64 bits per heavy atom. The number of hydrogen-bond donors (Lipinski definition) is 1. The van der Waals surface area contributed by atoms with Crippen LogP contribution in [0.15, 0.2) is 9.66 Å². The third-order valence-corrected chi connectivity index (χ3v) is 2.32. The van der Waals surface area contributed by atoms with E-state index in [1.165, 1.54) is 10.5 Å². The summed E-state index contributed by atoms with van der Waals surface area (Å²) in [5.41, 5.74) is 0. The van der Waals surface area contributed by atoms with Crippen molar-refractivity contribution in [2.24, 2.45) is 0 Å². The fourth-order valence-corrected chi connectivity index (χ4v) is 1.29. The number of hydrogen-bond acceptors (Lipinski definition) is 1. The summed E-state index contributed by atoms with van der Waals surface area (Å²) in [6.07, 6.45) is 3.09. The van der Waals surface area contributed by atoms with Crippen molar-refractivity contribution < 1.29 is 4.79 Å². The molecule has 0 aliphatic heterocycles. The lowest BCUT2D eigenvalue weighted by atomic mass is 10.3. The Balaban J connectivity index is 3.85. The minimum Gasteiger partial charge on any atom is -0.350 e. The average molecular weight is 267 g/mol. The minimum absolute atomic E-state index is 0.0223. The monoisotopic (exact) mass is 267 g/mol. The van der Waals surface area contributed by atoms with E-state index in [1.54, 1.807) is 0 Å². The van der Waals surface area contributed by atoms with Gasteiger partial charge in [-0.2, -0.15) is 0 Å². The summed E-state index contributed by atoms with van der Waals surface area (Å²) in [5, 5.41) is 2.79. The van der Waals surface area contributed by atoms with E-state index in [2.05, 4.69) is 40.9 Å². The van der Waals surface area contributed by atoms with E-state index in [1.807, 2.05) is 6.92 Å². The molecule has 2 nitrogen and oxygen atoms in total. The third-order valence-electron chi connectivity index (χ3n) is 1.20. The first-order valence-electron chi connectivity index (χ1n) is 3.69. The molecule has 0 heterocycles. The van der Waals surface area contributed by atoms with E-state index in [4.69, 9.17) is 0 Å². The molecular formula is C8H14INO. The fraction of sp³-hybridized carbons (Fsp3) is 0.625. The number of carbonyl (C=O) groups is 1. The SMILES string of the molecule is CC/C(I)=C\C(C)NC(C)=O. The number of amides is 1. The number of allylic oxidation sites excluding steroid dienone is 1. The molecular weight excluding hydrogens is 253 g/mol. The van der Waals surface area contributed by atoms with Crippen LogP contribution in [0, 0.1) is 0 Å². The van der Waals surface area contributed by atoms with Gasteiger partial charge < -0.3 is 5.32 Å². The Labute approximate surface area is 81.6 Å². The van der Waals surface area contributed by atoms with Crippen LogP contribution in [0.5, 0.6) is 0 Å². The van der Waals surface area contributed by atoms with E-state index in [-0.39, 0.29) is 11.9 Å². The van der Waals surface area contributed by atoms with Gasteiger partial charge in [0, 0.05) is 13.0 Å². The molecule has 0 fully saturated rings. The Bertz CT molecular complexity index is 165.